The molecule has 4 nitrogen and oxygen atoms in total. The van der Waals surface area contributed by atoms with Crippen LogP contribution in [0, 0.1) is 5.92 Å². The number of rotatable bonds is 3. The molecule has 1 atom stereocenters. The molecule has 3 aliphatic rings. The van der Waals surface area contributed by atoms with Gasteiger partial charge in [-0.2, -0.15) is 0 Å². The lowest BCUT2D eigenvalue weighted by Gasteiger charge is -2.44. The molecular weight excluding hydrogens is 310 g/mol. The van der Waals surface area contributed by atoms with Crippen molar-refractivity contribution in [3.63, 3.8) is 0 Å². The third-order valence-corrected chi connectivity index (χ3v) is 5.55. The Morgan fingerprint density at radius 2 is 1.72 bits per heavy atom. The van der Waals surface area contributed by atoms with Gasteiger partial charge in [-0.05, 0) is 54.8 Å². The molecule has 0 radical (unpaired) electrons. The molecule has 6 rings (SSSR count). The van der Waals surface area contributed by atoms with Crippen LogP contribution >= 0.6 is 0 Å². The van der Waals surface area contributed by atoms with Gasteiger partial charge in [0.2, 0.25) is 5.88 Å². The molecule has 3 saturated heterocycles. The molecular formula is C21H21N3O. The summed E-state index contributed by atoms with van der Waals surface area (Å²) >= 11 is 0. The van der Waals surface area contributed by atoms with E-state index in [0.717, 1.165) is 17.8 Å². The first-order valence-electron chi connectivity index (χ1n) is 9.07. The second kappa shape index (κ2) is 6.12. The van der Waals surface area contributed by atoms with E-state index in [4.69, 9.17) is 4.74 Å². The number of benzene rings is 2. The first kappa shape index (κ1) is 14.8. The van der Waals surface area contributed by atoms with Gasteiger partial charge in [-0.1, -0.05) is 36.4 Å². The van der Waals surface area contributed by atoms with E-state index < -0.39 is 0 Å². The minimum Gasteiger partial charge on any atom is -0.472 e. The Bertz CT molecular complexity index is 885. The third-order valence-electron chi connectivity index (χ3n) is 5.55. The Balaban J connectivity index is 1.35. The number of fused-ring (bicyclic) bond motifs is 4. The number of aromatic nitrogens is 2. The molecule has 0 N–H and O–H groups in total. The van der Waals surface area contributed by atoms with Crippen LogP contribution in [0.4, 0.5) is 0 Å². The van der Waals surface area contributed by atoms with Crippen LogP contribution in [0.3, 0.4) is 0 Å². The summed E-state index contributed by atoms with van der Waals surface area (Å²) in [6.07, 6.45) is 2.75. The van der Waals surface area contributed by atoms with E-state index in [1.807, 2.05) is 12.1 Å². The minimum atomic E-state index is 0.267. The number of hydrogen-bond acceptors (Lipinski definition) is 4. The van der Waals surface area contributed by atoms with Crippen LogP contribution in [-0.2, 0) is 0 Å². The van der Waals surface area contributed by atoms with Crippen molar-refractivity contribution in [1.82, 2.24) is 15.1 Å². The maximum atomic E-state index is 6.14. The van der Waals surface area contributed by atoms with Gasteiger partial charge in [0.05, 0.1) is 5.69 Å². The molecule has 126 valence electrons. The van der Waals surface area contributed by atoms with Crippen LogP contribution in [0.5, 0.6) is 5.88 Å². The summed E-state index contributed by atoms with van der Waals surface area (Å²) in [4.78, 5) is 2.49. The second-order valence-corrected chi connectivity index (χ2v) is 7.11. The summed E-state index contributed by atoms with van der Waals surface area (Å²) in [7, 11) is 0. The number of piperidine rings is 3. The zero-order valence-electron chi connectivity index (χ0n) is 14.1. The molecule has 3 aliphatic heterocycles. The van der Waals surface area contributed by atoms with Crippen LogP contribution in [0.1, 0.15) is 12.8 Å². The predicted molar refractivity (Wildman–Crippen MR) is 98.6 cm³/mol. The zero-order valence-corrected chi connectivity index (χ0v) is 14.1. The topological polar surface area (TPSA) is 38.2 Å². The fourth-order valence-electron chi connectivity index (χ4n) is 4.08. The normalized spacial score (nSPS) is 25.2. The van der Waals surface area contributed by atoms with Crippen LogP contribution in [-0.4, -0.2) is 40.8 Å². The molecule has 2 bridgehead atoms. The molecule has 0 spiro atoms. The van der Waals surface area contributed by atoms with Gasteiger partial charge in [0.1, 0.15) is 6.10 Å². The molecule has 0 unspecified atom stereocenters. The number of nitrogens with zero attached hydrogens (tertiary/aromatic N) is 3. The van der Waals surface area contributed by atoms with E-state index in [1.165, 1.54) is 36.7 Å². The van der Waals surface area contributed by atoms with Crippen molar-refractivity contribution in [3.05, 3.63) is 54.6 Å². The molecule has 25 heavy (non-hydrogen) atoms. The average molecular weight is 331 g/mol. The van der Waals surface area contributed by atoms with Gasteiger partial charge in [-0.15, -0.1) is 10.2 Å². The van der Waals surface area contributed by atoms with E-state index in [0.29, 0.717) is 11.8 Å². The maximum absolute atomic E-state index is 6.14. The fourth-order valence-corrected chi connectivity index (χ4v) is 4.08. The molecule has 1 aromatic heterocycles. The van der Waals surface area contributed by atoms with Gasteiger partial charge < -0.3 is 4.74 Å². The lowest BCUT2D eigenvalue weighted by molar-refractivity contribution is -0.0103. The number of ether oxygens (including phenoxy) is 1. The van der Waals surface area contributed by atoms with E-state index in [1.54, 1.807) is 0 Å². The number of hydrogen-bond donors (Lipinski definition) is 0. The smallest absolute Gasteiger partial charge is 0.233 e. The standard InChI is InChI=1S/C21H21N3O/c1-2-4-17-13-18(6-5-15(17)3-1)19-7-8-21(23-22-19)25-20-14-24-11-9-16(20)10-12-24/h1-8,13,16,20H,9-12,14H2/t20-/m0/s1. The monoisotopic (exact) mass is 331 g/mol. The summed E-state index contributed by atoms with van der Waals surface area (Å²) in [5.74, 6) is 1.32. The molecule has 3 fully saturated rings. The summed E-state index contributed by atoms with van der Waals surface area (Å²) in [5, 5.41) is 11.2. The quantitative estimate of drug-likeness (QED) is 0.732. The highest BCUT2D eigenvalue weighted by atomic mass is 16.5. The van der Waals surface area contributed by atoms with E-state index >= 15 is 0 Å². The second-order valence-electron chi connectivity index (χ2n) is 7.11. The van der Waals surface area contributed by atoms with E-state index in [-0.39, 0.29) is 6.10 Å². The lowest BCUT2D eigenvalue weighted by Crippen LogP contribution is -2.52. The van der Waals surface area contributed by atoms with Crippen molar-refractivity contribution < 1.29 is 4.74 Å². The molecule has 0 aliphatic carbocycles. The minimum absolute atomic E-state index is 0.267. The van der Waals surface area contributed by atoms with Crippen LogP contribution < -0.4 is 4.74 Å². The van der Waals surface area contributed by atoms with Gasteiger partial charge in [0, 0.05) is 18.2 Å². The first-order chi connectivity index (χ1) is 12.3. The molecule has 0 amide bonds. The Labute approximate surface area is 147 Å². The van der Waals surface area contributed by atoms with Crippen molar-refractivity contribution in [2.24, 2.45) is 5.92 Å². The van der Waals surface area contributed by atoms with Crippen molar-refractivity contribution in [1.29, 1.82) is 0 Å². The summed E-state index contributed by atoms with van der Waals surface area (Å²) in [6, 6.07) is 18.7. The lowest BCUT2D eigenvalue weighted by atomic mass is 9.86. The van der Waals surface area contributed by atoms with Crippen molar-refractivity contribution in [2.45, 2.75) is 18.9 Å². The molecule has 4 heterocycles. The SMILES string of the molecule is c1ccc2cc(-c3ccc(O[C@H]4CN5CCC4CC5)nn3)ccc2c1. The Morgan fingerprint density at radius 1 is 0.880 bits per heavy atom. The van der Waals surface area contributed by atoms with Gasteiger partial charge in [-0.25, -0.2) is 0 Å². The zero-order chi connectivity index (χ0) is 16.6. The van der Waals surface area contributed by atoms with Gasteiger partial charge in [-0.3, -0.25) is 4.90 Å². The van der Waals surface area contributed by atoms with Crippen LogP contribution in [0.15, 0.2) is 54.6 Å². The van der Waals surface area contributed by atoms with Gasteiger partial charge in [0.15, 0.2) is 0 Å². The van der Waals surface area contributed by atoms with Gasteiger partial charge >= 0.3 is 0 Å². The predicted octanol–water partition coefficient (Wildman–Crippen LogP) is 3.77. The highest BCUT2D eigenvalue weighted by Gasteiger charge is 2.35. The molecule has 3 aromatic rings. The molecule has 0 saturated carbocycles. The fraction of sp³-hybridized carbons (Fsp3) is 0.333. The summed E-state index contributed by atoms with van der Waals surface area (Å²) in [6.45, 7) is 3.47. The highest BCUT2D eigenvalue weighted by Crippen LogP contribution is 2.30. The Kier molecular flexibility index (Phi) is 3.63. The summed E-state index contributed by atoms with van der Waals surface area (Å²) in [5.41, 5.74) is 1.97. The molecule has 4 heteroatoms. The van der Waals surface area contributed by atoms with Crippen molar-refractivity contribution in [2.75, 3.05) is 19.6 Å². The maximum Gasteiger partial charge on any atom is 0.233 e. The van der Waals surface area contributed by atoms with Crippen LogP contribution in [0.25, 0.3) is 22.0 Å². The van der Waals surface area contributed by atoms with Crippen LogP contribution in [0.2, 0.25) is 0 Å². The Morgan fingerprint density at radius 3 is 2.44 bits per heavy atom. The molecule has 2 aromatic carbocycles. The van der Waals surface area contributed by atoms with Crippen molar-refractivity contribution in [3.8, 4) is 17.1 Å². The average Bonchev–Trinajstić information content (AvgIpc) is 2.69. The Hall–Kier alpha value is -2.46. The summed E-state index contributed by atoms with van der Waals surface area (Å²) < 4.78 is 6.14. The van der Waals surface area contributed by atoms with Gasteiger partial charge in [0.25, 0.3) is 0 Å². The van der Waals surface area contributed by atoms with Crippen molar-refractivity contribution >= 4 is 10.8 Å². The first-order valence-corrected chi connectivity index (χ1v) is 9.07. The van der Waals surface area contributed by atoms with E-state index in [9.17, 15) is 0 Å². The van der Waals surface area contributed by atoms with E-state index in [2.05, 4.69) is 57.6 Å². The highest BCUT2D eigenvalue weighted by molar-refractivity contribution is 5.86. The third kappa shape index (κ3) is 2.87. The largest absolute Gasteiger partial charge is 0.472 e.